The van der Waals surface area contributed by atoms with Gasteiger partial charge in [0.25, 0.3) is 0 Å². The van der Waals surface area contributed by atoms with Gasteiger partial charge in [0.1, 0.15) is 24.1 Å². The highest BCUT2D eigenvalue weighted by Crippen LogP contribution is 2.65. The van der Waals surface area contributed by atoms with Crippen molar-refractivity contribution in [3.63, 3.8) is 0 Å². The van der Waals surface area contributed by atoms with Crippen LogP contribution in [0.25, 0.3) is 0 Å². The number of hydrogen-bond acceptors (Lipinski definition) is 6. The van der Waals surface area contributed by atoms with Crippen molar-refractivity contribution < 1.29 is 29.6 Å². The lowest BCUT2D eigenvalue weighted by atomic mass is 9.45. The average Bonchev–Trinajstić information content (AvgIpc) is 3.05. The van der Waals surface area contributed by atoms with Crippen molar-refractivity contribution in [1.82, 2.24) is 0 Å². The third-order valence-corrected chi connectivity index (χ3v) is 10.5. The Bertz CT molecular complexity index is 712. The molecule has 12 atom stereocenters. The van der Waals surface area contributed by atoms with E-state index in [4.69, 9.17) is 9.47 Å². The summed E-state index contributed by atoms with van der Waals surface area (Å²) in [5.74, 6) is 3.05. The predicted octanol–water partition coefficient (Wildman–Crippen LogP) is 2.81. The topological polar surface area (TPSA) is 96.2 Å². The Morgan fingerprint density at radius 2 is 1.71 bits per heavy atom. The standard InChI is InChI=1S/C25H40O6/c1-13-20(27)21(28)22(29)23(30-13)31-15-8-10-24(2)14(12-15)4-5-16-17-6-7-19(26)25(17,3)11-9-18(16)24/h13-18,20-23,27-29H,4-12H2,1-3H3/t13-,14?,15-,16+,17+,18+,20-,21+,22-,23?,24+,25+/m1/s1. The van der Waals surface area contributed by atoms with Gasteiger partial charge in [-0.15, -0.1) is 0 Å². The van der Waals surface area contributed by atoms with Crippen LogP contribution in [0.1, 0.15) is 78.6 Å². The first-order valence-electron chi connectivity index (χ1n) is 12.5. The number of ether oxygens (including phenoxy) is 2. The maximum absolute atomic E-state index is 12.6. The molecule has 0 amide bonds. The smallest absolute Gasteiger partial charge is 0.186 e. The first-order chi connectivity index (χ1) is 14.6. The van der Waals surface area contributed by atoms with Crippen LogP contribution < -0.4 is 0 Å². The van der Waals surface area contributed by atoms with Gasteiger partial charge in [-0.1, -0.05) is 13.8 Å². The Labute approximate surface area is 185 Å². The highest BCUT2D eigenvalue weighted by atomic mass is 16.7. The molecule has 4 saturated carbocycles. The van der Waals surface area contributed by atoms with E-state index in [9.17, 15) is 20.1 Å². The Morgan fingerprint density at radius 1 is 0.935 bits per heavy atom. The Kier molecular flexibility index (Phi) is 5.58. The van der Waals surface area contributed by atoms with E-state index in [0.29, 0.717) is 34.9 Å². The van der Waals surface area contributed by atoms with Crippen LogP contribution in [0, 0.1) is 34.5 Å². The van der Waals surface area contributed by atoms with E-state index >= 15 is 0 Å². The fourth-order valence-electron chi connectivity index (χ4n) is 8.43. The molecule has 1 heterocycles. The van der Waals surface area contributed by atoms with Crippen molar-refractivity contribution in [2.75, 3.05) is 0 Å². The number of rotatable bonds is 2. The zero-order valence-electron chi connectivity index (χ0n) is 19.2. The molecule has 6 nitrogen and oxygen atoms in total. The quantitative estimate of drug-likeness (QED) is 0.576. The minimum Gasteiger partial charge on any atom is -0.388 e. The molecule has 6 heteroatoms. The number of aliphatic hydroxyl groups excluding tert-OH is 3. The maximum atomic E-state index is 12.6. The summed E-state index contributed by atoms with van der Waals surface area (Å²) < 4.78 is 11.9. The third kappa shape index (κ3) is 3.35. The van der Waals surface area contributed by atoms with Gasteiger partial charge in [0.05, 0.1) is 12.2 Å². The lowest BCUT2D eigenvalue weighted by molar-refractivity contribution is -0.309. The molecular formula is C25H40O6. The highest BCUT2D eigenvalue weighted by molar-refractivity contribution is 5.87. The van der Waals surface area contributed by atoms with Gasteiger partial charge in [-0.25, -0.2) is 0 Å². The Morgan fingerprint density at radius 3 is 2.48 bits per heavy atom. The summed E-state index contributed by atoms with van der Waals surface area (Å²) in [4.78, 5) is 12.6. The minimum atomic E-state index is -1.25. The van der Waals surface area contributed by atoms with E-state index in [1.165, 1.54) is 19.3 Å². The lowest BCUT2D eigenvalue weighted by Gasteiger charge is -2.60. The fourth-order valence-corrected chi connectivity index (χ4v) is 8.43. The summed E-state index contributed by atoms with van der Waals surface area (Å²) in [5.41, 5.74) is 0.228. The van der Waals surface area contributed by atoms with Crippen molar-refractivity contribution in [2.24, 2.45) is 34.5 Å². The second-order valence-electron chi connectivity index (χ2n) is 11.8. The number of carbonyl (C=O) groups is 1. The van der Waals surface area contributed by atoms with E-state index in [0.717, 1.165) is 38.5 Å². The van der Waals surface area contributed by atoms with Crippen LogP contribution in [0.3, 0.4) is 0 Å². The second kappa shape index (κ2) is 7.76. The summed E-state index contributed by atoms with van der Waals surface area (Å²) >= 11 is 0. The van der Waals surface area contributed by atoms with Crippen LogP contribution in [0.15, 0.2) is 0 Å². The van der Waals surface area contributed by atoms with Gasteiger partial charge >= 0.3 is 0 Å². The molecule has 0 aromatic carbocycles. The molecule has 5 fully saturated rings. The fraction of sp³-hybridized carbons (Fsp3) is 0.960. The van der Waals surface area contributed by atoms with E-state index < -0.39 is 30.7 Å². The number of aliphatic hydroxyl groups is 3. The lowest BCUT2D eigenvalue weighted by Crippen LogP contribution is -2.58. The summed E-state index contributed by atoms with van der Waals surface area (Å²) in [5, 5.41) is 30.4. The van der Waals surface area contributed by atoms with Gasteiger partial charge in [-0.2, -0.15) is 0 Å². The highest BCUT2D eigenvalue weighted by Gasteiger charge is 2.60. The van der Waals surface area contributed by atoms with Gasteiger partial charge in [-0.3, -0.25) is 4.79 Å². The number of carbonyl (C=O) groups excluding carboxylic acids is 1. The van der Waals surface area contributed by atoms with Crippen molar-refractivity contribution >= 4 is 5.78 Å². The van der Waals surface area contributed by atoms with Crippen LogP contribution >= 0.6 is 0 Å². The molecule has 3 N–H and O–H groups in total. The van der Waals surface area contributed by atoms with E-state index in [2.05, 4.69) is 13.8 Å². The molecule has 1 saturated heterocycles. The summed E-state index contributed by atoms with van der Waals surface area (Å²) in [6.07, 6.45) is 4.46. The molecule has 0 spiro atoms. The number of ketones is 1. The summed E-state index contributed by atoms with van der Waals surface area (Å²) in [7, 11) is 0. The first kappa shape index (κ1) is 22.3. The molecule has 5 aliphatic rings. The SMILES string of the molecule is C[C@H]1OC(O[C@@H]2CC[C@@]3(C)C(CC[C@@H]4[C@@H]3CC[C@]3(C)C(=O)CC[C@@H]43)C2)[C@H](O)[C@@H](O)[C@@H]1O. The molecule has 0 aromatic heterocycles. The molecule has 5 rings (SSSR count). The summed E-state index contributed by atoms with van der Waals surface area (Å²) in [6.45, 7) is 6.42. The molecule has 0 aromatic rings. The zero-order chi connectivity index (χ0) is 22.1. The van der Waals surface area contributed by atoms with Crippen LogP contribution in [-0.2, 0) is 14.3 Å². The predicted molar refractivity (Wildman–Crippen MR) is 114 cm³/mol. The van der Waals surface area contributed by atoms with Crippen molar-refractivity contribution in [2.45, 2.75) is 115 Å². The van der Waals surface area contributed by atoms with Gasteiger partial charge in [0.2, 0.25) is 0 Å². The normalized spacial score (nSPS) is 57.2. The molecular weight excluding hydrogens is 396 g/mol. The molecule has 0 radical (unpaired) electrons. The van der Waals surface area contributed by atoms with Crippen molar-refractivity contribution in [3.05, 3.63) is 0 Å². The number of hydrogen-bond donors (Lipinski definition) is 3. The van der Waals surface area contributed by atoms with Crippen molar-refractivity contribution in [1.29, 1.82) is 0 Å². The zero-order valence-corrected chi connectivity index (χ0v) is 19.2. The second-order valence-corrected chi connectivity index (χ2v) is 11.8. The summed E-state index contributed by atoms with van der Waals surface area (Å²) in [6, 6.07) is 0. The third-order valence-electron chi connectivity index (χ3n) is 10.5. The van der Waals surface area contributed by atoms with Gasteiger partial charge < -0.3 is 24.8 Å². The van der Waals surface area contributed by atoms with Gasteiger partial charge in [0.15, 0.2) is 6.29 Å². The van der Waals surface area contributed by atoms with Gasteiger partial charge in [-0.05, 0) is 87.4 Å². The van der Waals surface area contributed by atoms with E-state index in [1.807, 2.05) is 0 Å². The monoisotopic (exact) mass is 436 g/mol. The molecule has 4 aliphatic carbocycles. The molecule has 176 valence electrons. The minimum absolute atomic E-state index is 0.00540. The first-order valence-corrected chi connectivity index (χ1v) is 12.5. The molecule has 31 heavy (non-hydrogen) atoms. The molecule has 0 bridgehead atoms. The van der Waals surface area contributed by atoms with Crippen LogP contribution in [0.5, 0.6) is 0 Å². The van der Waals surface area contributed by atoms with E-state index in [-0.39, 0.29) is 11.5 Å². The van der Waals surface area contributed by atoms with E-state index in [1.54, 1.807) is 6.92 Å². The molecule has 2 unspecified atom stereocenters. The Hall–Kier alpha value is -0.530. The van der Waals surface area contributed by atoms with Crippen molar-refractivity contribution in [3.8, 4) is 0 Å². The Balaban J connectivity index is 1.26. The largest absolute Gasteiger partial charge is 0.388 e. The average molecular weight is 437 g/mol. The number of Topliss-reactive ketones (excluding diaryl/α,β-unsaturated/α-hetero) is 1. The van der Waals surface area contributed by atoms with Crippen LogP contribution in [0.2, 0.25) is 0 Å². The maximum Gasteiger partial charge on any atom is 0.186 e. The van der Waals surface area contributed by atoms with Gasteiger partial charge in [0, 0.05) is 11.8 Å². The molecule has 1 aliphatic heterocycles. The van der Waals surface area contributed by atoms with Crippen LogP contribution in [0.4, 0.5) is 0 Å². The number of fused-ring (bicyclic) bond motifs is 5. The van der Waals surface area contributed by atoms with Crippen LogP contribution in [-0.4, -0.2) is 57.9 Å².